The Kier molecular flexibility index (Phi) is 3.64. The smallest absolute Gasteiger partial charge is 0.193 e. The van der Waals surface area contributed by atoms with Crippen molar-refractivity contribution in [2.24, 2.45) is 7.05 Å². The van der Waals surface area contributed by atoms with Crippen LogP contribution in [0.2, 0.25) is 0 Å². The fourth-order valence-electron chi connectivity index (χ4n) is 2.30. The Bertz CT molecular complexity index is 399. The zero-order valence-corrected chi connectivity index (χ0v) is 10.9. The molecule has 0 spiro atoms. The lowest BCUT2D eigenvalue weighted by molar-refractivity contribution is 0.0779. The van der Waals surface area contributed by atoms with Crippen LogP contribution >= 0.6 is 0 Å². The van der Waals surface area contributed by atoms with Gasteiger partial charge in [0.15, 0.2) is 5.78 Å². The summed E-state index contributed by atoms with van der Waals surface area (Å²) in [6.07, 6.45) is 1.92. The van der Waals surface area contributed by atoms with Gasteiger partial charge >= 0.3 is 0 Å². The molecular weight excluding hydrogens is 214 g/mol. The number of Topliss-reactive ketones (excluding diaryl/α,β-unsaturated/α-hetero) is 1. The lowest BCUT2D eigenvalue weighted by Crippen LogP contribution is -2.51. The topological polar surface area (TPSA) is 28.5 Å². The van der Waals surface area contributed by atoms with E-state index in [1.54, 1.807) is 0 Å². The Morgan fingerprint density at radius 2 is 2.18 bits per heavy atom. The molecular formula is C13H21N3O. The molecule has 1 saturated heterocycles. The summed E-state index contributed by atoms with van der Waals surface area (Å²) in [7, 11) is 4.06. The van der Waals surface area contributed by atoms with Crippen LogP contribution in [0, 0.1) is 0 Å². The minimum Gasteiger partial charge on any atom is -0.348 e. The number of carbonyl (C=O) groups excluding carboxylic acids is 1. The Balaban J connectivity index is 1.94. The van der Waals surface area contributed by atoms with Crippen molar-refractivity contribution in [2.45, 2.75) is 13.0 Å². The normalized spacial score (nSPS) is 22.9. The highest BCUT2D eigenvalue weighted by Crippen LogP contribution is 2.09. The van der Waals surface area contributed by atoms with Crippen molar-refractivity contribution >= 4 is 5.78 Å². The van der Waals surface area contributed by atoms with E-state index in [0.29, 0.717) is 12.6 Å². The van der Waals surface area contributed by atoms with E-state index in [1.165, 1.54) is 0 Å². The van der Waals surface area contributed by atoms with Gasteiger partial charge in [0.25, 0.3) is 0 Å². The first-order valence-corrected chi connectivity index (χ1v) is 6.15. The number of nitrogens with zero attached hydrogens (tertiary/aromatic N) is 3. The Morgan fingerprint density at radius 1 is 1.41 bits per heavy atom. The van der Waals surface area contributed by atoms with Crippen LogP contribution in [0.15, 0.2) is 18.3 Å². The van der Waals surface area contributed by atoms with Crippen LogP contribution in [0.3, 0.4) is 0 Å². The highest BCUT2D eigenvalue weighted by atomic mass is 16.1. The lowest BCUT2D eigenvalue weighted by Gasteiger charge is -2.37. The predicted octanol–water partition coefficient (Wildman–Crippen LogP) is 0.844. The standard InChI is InChI=1S/C13H21N3O/c1-11-9-16(8-7-14(11)2)10-13(17)12-5-4-6-15(12)3/h4-6,11H,7-10H2,1-3H3. The highest BCUT2D eigenvalue weighted by molar-refractivity contribution is 5.96. The van der Waals surface area contributed by atoms with Crippen LogP contribution < -0.4 is 0 Å². The van der Waals surface area contributed by atoms with E-state index in [1.807, 2.05) is 29.9 Å². The molecule has 1 aromatic heterocycles. The summed E-state index contributed by atoms with van der Waals surface area (Å²) in [4.78, 5) is 16.7. The second kappa shape index (κ2) is 5.02. The number of hydrogen-bond donors (Lipinski definition) is 0. The van der Waals surface area contributed by atoms with Gasteiger partial charge in [-0.1, -0.05) is 0 Å². The van der Waals surface area contributed by atoms with Gasteiger partial charge in [-0.2, -0.15) is 0 Å². The van der Waals surface area contributed by atoms with Crippen molar-refractivity contribution in [1.29, 1.82) is 0 Å². The quantitative estimate of drug-likeness (QED) is 0.727. The summed E-state index contributed by atoms with van der Waals surface area (Å²) in [5, 5.41) is 0. The molecule has 1 aliphatic heterocycles. The number of aromatic nitrogens is 1. The summed E-state index contributed by atoms with van der Waals surface area (Å²) >= 11 is 0. The average Bonchev–Trinajstić information content (AvgIpc) is 2.70. The Hall–Kier alpha value is -1.13. The van der Waals surface area contributed by atoms with Crippen molar-refractivity contribution < 1.29 is 4.79 Å². The number of aryl methyl sites for hydroxylation is 1. The number of likely N-dealkylation sites (N-methyl/N-ethyl adjacent to an activating group) is 1. The first-order chi connectivity index (χ1) is 8.08. The van der Waals surface area contributed by atoms with Gasteiger partial charge in [-0.05, 0) is 26.1 Å². The summed E-state index contributed by atoms with van der Waals surface area (Å²) in [6, 6.07) is 4.34. The number of ketones is 1. The lowest BCUT2D eigenvalue weighted by atomic mass is 10.2. The zero-order chi connectivity index (χ0) is 12.4. The Labute approximate surface area is 103 Å². The van der Waals surface area contributed by atoms with Crippen LogP contribution in [0.4, 0.5) is 0 Å². The molecule has 0 N–H and O–H groups in total. The maximum atomic E-state index is 12.1. The molecule has 17 heavy (non-hydrogen) atoms. The SMILES string of the molecule is CC1CN(CC(=O)c2cccn2C)CCN1C. The molecule has 0 saturated carbocycles. The number of carbonyl (C=O) groups is 1. The molecule has 94 valence electrons. The van der Waals surface area contributed by atoms with Crippen LogP contribution in [-0.4, -0.2) is 59.4 Å². The molecule has 1 unspecified atom stereocenters. The van der Waals surface area contributed by atoms with Crippen molar-refractivity contribution in [3.05, 3.63) is 24.0 Å². The minimum absolute atomic E-state index is 0.217. The van der Waals surface area contributed by atoms with E-state index in [9.17, 15) is 4.79 Å². The zero-order valence-electron chi connectivity index (χ0n) is 10.9. The first-order valence-electron chi connectivity index (χ1n) is 6.15. The molecule has 1 fully saturated rings. The van der Waals surface area contributed by atoms with E-state index in [-0.39, 0.29) is 5.78 Å². The molecule has 2 heterocycles. The van der Waals surface area contributed by atoms with Crippen molar-refractivity contribution in [3.8, 4) is 0 Å². The molecule has 4 heteroatoms. The van der Waals surface area contributed by atoms with Gasteiger partial charge in [0.1, 0.15) is 0 Å². The van der Waals surface area contributed by atoms with E-state index in [2.05, 4.69) is 23.8 Å². The molecule has 0 radical (unpaired) electrons. The van der Waals surface area contributed by atoms with Crippen molar-refractivity contribution in [1.82, 2.24) is 14.4 Å². The van der Waals surface area contributed by atoms with Gasteiger partial charge in [-0.25, -0.2) is 0 Å². The minimum atomic E-state index is 0.217. The molecule has 0 bridgehead atoms. The third-order valence-electron chi connectivity index (χ3n) is 3.64. The van der Waals surface area contributed by atoms with Gasteiger partial charge in [-0.15, -0.1) is 0 Å². The predicted molar refractivity (Wildman–Crippen MR) is 68.3 cm³/mol. The van der Waals surface area contributed by atoms with E-state index < -0.39 is 0 Å². The fourth-order valence-corrected chi connectivity index (χ4v) is 2.30. The average molecular weight is 235 g/mol. The molecule has 2 rings (SSSR count). The Morgan fingerprint density at radius 3 is 2.76 bits per heavy atom. The van der Waals surface area contributed by atoms with Crippen molar-refractivity contribution in [3.63, 3.8) is 0 Å². The second-order valence-electron chi connectivity index (χ2n) is 4.99. The molecule has 1 aromatic rings. The number of hydrogen-bond acceptors (Lipinski definition) is 3. The third kappa shape index (κ3) is 2.76. The molecule has 1 aliphatic rings. The third-order valence-corrected chi connectivity index (χ3v) is 3.64. The first kappa shape index (κ1) is 12.3. The summed E-state index contributed by atoms with van der Waals surface area (Å²) in [6.45, 7) is 5.75. The van der Waals surface area contributed by atoms with E-state index in [4.69, 9.17) is 0 Å². The largest absolute Gasteiger partial charge is 0.348 e. The van der Waals surface area contributed by atoms with Crippen LogP contribution in [-0.2, 0) is 7.05 Å². The van der Waals surface area contributed by atoms with Crippen LogP contribution in [0.25, 0.3) is 0 Å². The maximum absolute atomic E-state index is 12.1. The van der Waals surface area contributed by atoms with Crippen molar-refractivity contribution in [2.75, 3.05) is 33.2 Å². The van der Waals surface area contributed by atoms with Gasteiger partial charge in [-0.3, -0.25) is 9.69 Å². The molecule has 4 nitrogen and oxygen atoms in total. The van der Waals surface area contributed by atoms with E-state index in [0.717, 1.165) is 25.3 Å². The number of rotatable bonds is 3. The summed E-state index contributed by atoms with van der Waals surface area (Å²) < 4.78 is 1.89. The maximum Gasteiger partial charge on any atom is 0.193 e. The number of piperazine rings is 1. The molecule has 0 amide bonds. The molecule has 0 aliphatic carbocycles. The molecule has 0 aromatic carbocycles. The van der Waals surface area contributed by atoms with Crippen LogP contribution in [0.1, 0.15) is 17.4 Å². The highest BCUT2D eigenvalue weighted by Gasteiger charge is 2.23. The van der Waals surface area contributed by atoms with E-state index >= 15 is 0 Å². The second-order valence-corrected chi connectivity index (χ2v) is 4.99. The van der Waals surface area contributed by atoms with Gasteiger partial charge < -0.3 is 9.47 Å². The van der Waals surface area contributed by atoms with Gasteiger partial charge in [0.2, 0.25) is 0 Å². The fraction of sp³-hybridized carbons (Fsp3) is 0.615. The van der Waals surface area contributed by atoms with Crippen LogP contribution in [0.5, 0.6) is 0 Å². The summed E-state index contributed by atoms with van der Waals surface area (Å²) in [5.41, 5.74) is 0.802. The summed E-state index contributed by atoms with van der Waals surface area (Å²) in [5.74, 6) is 0.217. The molecule has 1 atom stereocenters. The monoisotopic (exact) mass is 235 g/mol. The van der Waals surface area contributed by atoms with Gasteiger partial charge in [0, 0.05) is 38.9 Å². The van der Waals surface area contributed by atoms with Gasteiger partial charge in [0.05, 0.1) is 12.2 Å².